The van der Waals surface area contributed by atoms with E-state index in [9.17, 15) is 9.90 Å². The summed E-state index contributed by atoms with van der Waals surface area (Å²) >= 11 is 12.4. The van der Waals surface area contributed by atoms with E-state index in [1.54, 1.807) is 18.2 Å². The van der Waals surface area contributed by atoms with Crippen LogP contribution in [0.2, 0.25) is 10.0 Å². The van der Waals surface area contributed by atoms with Crippen molar-refractivity contribution in [2.75, 3.05) is 19.7 Å². The van der Waals surface area contributed by atoms with Crippen LogP contribution in [0.25, 0.3) is 0 Å². The highest BCUT2D eigenvalue weighted by Crippen LogP contribution is 2.39. The fourth-order valence-electron chi connectivity index (χ4n) is 3.99. The van der Waals surface area contributed by atoms with E-state index in [4.69, 9.17) is 32.7 Å². The lowest BCUT2D eigenvalue weighted by Crippen LogP contribution is -2.64. The number of rotatable bonds is 6. The van der Waals surface area contributed by atoms with E-state index in [-0.39, 0.29) is 12.6 Å². The molecule has 0 aromatic heterocycles. The molecule has 154 valence electrons. The Bertz CT molecular complexity index is 907. The summed E-state index contributed by atoms with van der Waals surface area (Å²) in [5.41, 5.74) is 1.26. The second-order valence-electron chi connectivity index (χ2n) is 7.77. The first-order chi connectivity index (χ1) is 13.9. The molecule has 1 saturated heterocycles. The van der Waals surface area contributed by atoms with Crippen LogP contribution in [0.5, 0.6) is 11.5 Å². The third-order valence-electron chi connectivity index (χ3n) is 6.03. The first-order valence-electron chi connectivity index (χ1n) is 9.71. The Morgan fingerprint density at radius 3 is 2.66 bits per heavy atom. The van der Waals surface area contributed by atoms with E-state index in [2.05, 4.69) is 4.90 Å². The van der Waals surface area contributed by atoms with Gasteiger partial charge >= 0.3 is 5.97 Å². The third-order valence-corrected chi connectivity index (χ3v) is 6.74. The van der Waals surface area contributed by atoms with Crippen molar-refractivity contribution in [1.29, 1.82) is 0 Å². The molecule has 0 radical (unpaired) electrons. The zero-order valence-electron chi connectivity index (χ0n) is 16.2. The normalized spacial score (nSPS) is 20.3. The van der Waals surface area contributed by atoms with Crippen LogP contribution in [0.15, 0.2) is 36.4 Å². The highest BCUT2D eigenvalue weighted by atomic mass is 35.5. The number of aliphatic carboxylic acids is 1. The summed E-state index contributed by atoms with van der Waals surface area (Å²) in [6.45, 7) is 3.94. The maximum atomic E-state index is 11.5. The molecule has 5 nitrogen and oxygen atoms in total. The van der Waals surface area contributed by atoms with Gasteiger partial charge in [0.1, 0.15) is 24.7 Å². The predicted molar refractivity (Wildman–Crippen MR) is 112 cm³/mol. The van der Waals surface area contributed by atoms with Crippen LogP contribution in [0.3, 0.4) is 0 Å². The third kappa shape index (κ3) is 3.91. The first kappa shape index (κ1) is 20.3. The van der Waals surface area contributed by atoms with Crippen LogP contribution < -0.4 is 9.47 Å². The summed E-state index contributed by atoms with van der Waals surface area (Å²) in [5.74, 6) is 0.802. The van der Waals surface area contributed by atoms with E-state index in [0.717, 1.165) is 23.3 Å². The Labute approximate surface area is 180 Å². The molecule has 2 aromatic rings. The van der Waals surface area contributed by atoms with Gasteiger partial charge in [-0.25, -0.2) is 0 Å². The number of fused-ring (bicyclic) bond motifs is 1. The maximum absolute atomic E-state index is 11.5. The maximum Gasteiger partial charge on any atom is 0.312 e. The molecule has 29 heavy (non-hydrogen) atoms. The largest absolute Gasteiger partial charge is 0.492 e. The fourth-order valence-corrected chi connectivity index (χ4v) is 4.49. The van der Waals surface area contributed by atoms with Crippen LogP contribution in [0.4, 0.5) is 0 Å². The second-order valence-corrected chi connectivity index (χ2v) is 8.59. The van der Waals surface area contributed by atoms with Gasteiger partial charge in [0.2, 0.25) is 0 Å². The Balaban J connectivity index is 1.38. The lowest BCUT2D eigenvalue weighted by Gasteiger charge is -2.51. The number of benzene rings is 2. The van der Waals surface area contributed by atoms with Crippen molar-refractivity contribution in [2.45, 2.75) is 32.4 Å². The van der Waals surface area contributed by atoms with Gasteiger partial charge in [0.05, 0.1) is 5.41 Å². The van der Waals surface area contributed by atoms with Gasteiger partial charge in [-0.2, -0.15) is 0 Å². The molecule has 0 spiro atoms. The minimum absolute atomic E-state index is 0.204. The highest BCUT2D eigenvalue weighted by Gasteiger charge is 2.50. The summed E-state index contributed by atoms with van der Waals surface area (Å²) in [4.78, 5) is 13.7. The minimum Gasteiger partial charge on any atom is -0.492 e. The lowest BCUT2D eigenvalue weighted by atomic mass is 9.76. The molecule has 0 bridgehead atoms. The molecule has 7 heteroatoms. The van der Waals surface area contributed by atoms with Gasteiger partial charge in [-0.15, -0.1) is 0 Å². The molecule has 1 atom stereocenters. The van der Waals surface area contributed by atoms with Gasteiger partial charge in [0, 0.05) is 40.8 Å². The summed E-state index contributed by atoms with van der Waals surface area (Å²) in [7, 11) is 0. The summed E-state index contributed by atoms with van der Waals surface area (Å²) in [5, 5.41) is 10.6. The molecule has 1 N–H and O–H groups in total. The van der Waals surface area contributed by atoms with Crippen molar-refractivity contribution in [2.24, 2.45) is 5.41 Å². The molecule has 0 saturated carbocycles. The summed E-state index contributed by atoms with van der Waals surface area (Å²) in [6.07, 6.45) is 1.49. The minimum atomic E-state index is -0.700. The van der Waals surface area contributed by atoms with E-state index >= 15 is 0 Å². The van der Waals surface area contributed by atoms with Gasteiger partial charge in [-0.3, -0.25) is 9.69 Å². The molecule has 2 aromatic carbocycles. The molecule has 1 fully saturated rings. The average Bonchev–Trinajstić information content (AvgIpc) is 2.67. The van der Waals surface area contributed by atoms with E-state index in [1.807, 2.05) is 25.1 Å². The molecule has 0 amide bonds. The van der Waals surface area contributed by atoms with E-state index in [0.29, 0.717) is 41.9 Å². The number of ether oxygens (including phenoxy) is 2. The van der Waals surface area contributed by atoms with Gasteiger partial charge in [0.25, 0.3) is 0 Å². The number of hydrogen-bond donors (Lipinski definition) is 1. The fraction of sp³-hybridized carbons (Fsp3) is 0.409. The van der Waals surface area contributed by atoms with Crippen molar-refractivity contribution in [3.05, 3.63) is 57.6 Å². The van der Waals surface area contributed by atoms with Crippen LogP contribution >= 0.6 is 23.2 Å². The van der Waals surface area contributed by atoms with Crippen molar-refractivity contribution in [1.82, 2.24) is 4.90 Å². The number of carbonyl (C=O) groups is 1. The van der Waals surface area contributed by atoms with Crippen molar-refractivity contribution >= 4 is 29.2 Å². The second kappa shape index (κ2) is 8.05. The number of halogens is 2. The summed E-state index contributed by atoms with van der Waals surface area (Å²) < 4.78 is 11.8. The standard InChI is InChI=1S/C22H23Cl2NO4/c1-2-22(21(26)27)12-25(13-22)15-8-14-6-7-16(9-20(14)29-10-15)28-11-17-18(23)4-3-5-19(17)24/h3-7,9,15H,2,8,10-13H2,1H3,(H,26,27)/t15-/m0/s1. The van der Waals surface area contributed by atoms with Crippen LogP contribution in [-0.2, 0) is 17.8 Å². The zero-order chi connectivity index (χ0) is 20.6. The molecule has 2 aliphatic rings. The number of carboxylic acid groups (broad SMARTS) is 1. The van der Waals surface area contributed by atoms with Crippen LogP contribution in [0.1, 0.15) is 24.5 Å². The van der Waals surface area contributed by atoms with Crippen molar-refractivity contribution in [3.8, 4) is 11.5 Å². The lowest BCUT2D eigenvalue weighted by molar-refractivity contribution is -0.164. The molecule has 4 rings (SSSR count). The van der Waals surface area contributed by atoms with Gasteiger partial charge in [-0.05, 0) is 36.6 Å². The van der Waals surface area contributed by atoms with Gasteiger partial charge in [-0.1, -0.05) is 42.3 Å². The predicted octanol–water partition coefficient (Wildman–Crippen LogP) is 4.67. The molecule has 2 heterocycles. The molecular weight excluding hydrogens is 413 g/mol. The van der Waals surface area contributed by atoms with Gasteiger partial charge in [0.15, 0.2) is 0 Å². The Hall–Kier alpha value is -1.95. The smallest absolute Gasteiger partial charge is 0.312 e. The van der Waals surface area contributed by atoms with E-state index < -0.39 is 11.4 Å². The average molecular weight is 436 g/mol. The van der Waals surface area contributed by atoms with Gasteiger partial charge < -0.3 is 14.6 Å². The van der Waals surface area contributed by atoms with E-state index in [1.165, 1.54) is 0 Å². The highest BCUT2D eigenvalue weighted by molar-refractivity contribution is 6.35. The molecule has 2 aliphatic heterocycles. The molecular formula is C22H23Cl2NO4. The zero-order valence-corrected chi connectivity index (χ0v) is 17.7. The SMILES string of the molecule is CCC1(C(=O)O)CN([C@@H]2COc3cc(OCc4c(Cl)cccc4Cl)ccc3C2)C1. The number of carboxylic acids is 1. The van der Waals surface area contributed by atoms with Crippen molar-refractivity contribution in [3.63, 3.8) is 0 Å². The monoisotopic (exact) mass is 435 g/mol. The number of likely N-dealkylation sites (tertiary alicyclic amines) is 1. The number of hydrogen-bond acceptors (Lipinski definition) is 4. The Kier molecular flexibility index (Phi) is 5.65. The number of nitrogens with zero attached hydrogens (tertiary/aromatic N) is 1. The quantitative estimate of drug-likeness (QED) is 0.713. The first-order valence-corrected chi connectivity index (χ1v) is 10.5. The summed E-state index contributed by atoms with van der Waals surface area (Å²) in [6, 6.07) is 11.4. The Morgan fingerprint density at radius 2 is 2.00 bits per heavy atom. The van der Waals surface area contributed by atoms with Crippen LogP contribution in [-0.4, -0.2) is 41.7 Å². The topological polar surface area (TPSA) is 59.0 Å². The Morgan fingerprint density at radius 1 is 1.28 bits per heavy atom. The van der Waals surface area contributed by atoms with Crippen LogP contribution in [0, 0.1) is 5.41 Å². The molecule has 0 unspecified atom stereocenters. The van der Waals surface area contributed by atoms with Crippen molar-refractivity contribution < 1.29 is 19.4 Å². The molecule has 0 aliphatic carbocycles.